The molecule has 3 aromatic rings. The van der Waals surface area contributed by atoms with Crippen molar-refractivity contribution in [3.63, 3.8) is 0 Å². The molecule has 0 amide bonds. The number of benzene rings is 1. The van der Waals surface area contributed by atoms with Gasteiger partial charge in [0.2, 0.25) is 0 Å². The van der Waals surface area contributed by atoms with Gasteiger partial charge in [0, 0.05) is 24.8 Å². The van der Waals surface area contributed by atoms with Crippen molar-refractivity contribution in [2.45, 2.75) is 53.1 Å². The smallest absolute Gasteiger partial charge is 0.258 e. The Kier molecular flexibility index (Phi) is 7.46. The molecule has 1 atom stereocenters. The van der Waals surface area contributed by atoms with E-state index in [1.807, 2.05) is 43.5 Å². The first kappa shape index (κ1) is 21.8. The van der Waals surface area contributed by atoms with Crippen molar-refractivity contribution in [1.82, 2.24) is 14.7 Å². The first-order chi connectivity index (χ1) is 14.5. The van der Waals surface area contributed by atoms with Gasteiger partial charge in [-0.3, -0.25) is 9.20 Å². The SMILES string of the molecule is CCCOc1ccc([C@H](C)NCc2cc(=O)n3cc(C)ccc3n2)cc1OCCC. The summed E-state index contributed by atoms with van der Waals surface area (Å²) in [5, 5.41) is 3.46. The average molecular weight is 410 g/mol. The van der Waals surface area contributed by atoms with Crippen molar-refractivity contribution in [1.29, 1.82) is 0 Å². The lowest BCUT2D eigenvalue weighted by Gasteiger charge is -2.18. The Hall–Kier alpha value is -2.86. The number of pyridine rings is 1. The molecule has 0 bridgehead atoms. The fourth-order valence-corrected chi connectivity index (χ4v) is 3.17. The van der Waals surface area contributed by atoms with E-state index in [1.165, 1.54) is 0 Å². The highest BCUT2D eigenvalue weighted by Gasteiger charge is 2.12. The standard InChI is InChI=1S/C24H31N3O3/c1-5-11-29-21-9-8-19(13-22(21)30-12-6-2)18(4)25-15-20-14-24(28)27-16-17(3)7-10-23(27)26-20/h7-10,13-14,16,18,25H,5-6,11-12,15H2,1-4H3/t18-/m0/s1. The van der Waals surface area contributed by atoms with E-state index in [9.17, 15) is 4.79 Å². The molecule has 1 N–H and O–H groups in total. The molecule has 0 saturated heterocycles. The van der Waals surface area contributed by atoms with Crippen LogP contribution in [-0.2, 0) is 6.54 Å². The zero-order valence-electron chi connectivity index (χ0n) is 18.3. The van der Waals surface area contributed by atoms with Crippen LogP contribution < -0.4 is 20.3 Å². The van der Waals surface area contributed by atoms with Crippen LogP contribution in [0.3, 0.4) is 0 Å². The van der Waals surface area contributed by atoms with Crippen LogP contribution in [-0.4, -0.2) is 22.6 Å². The second-order valence-corrected chi connectivity index (χ2v) is 7.53. The highest BCUT2D eigenvalue weighted by atomic mass is 16.5. The van der Waals surface area contributed by atoms with Crippen molar-refractivity contribution < 1.29 is 9.47 Å². The quantitative estimate of drug-likeness (QED) is 0.537. The van der Waals surface area contributed by atoms with E-state index in [1.54, 1.807) is 10.5 Å². The topological polar surface area (TPSA) is 64.9 Å². The number of aryl methyl sites for hydroxylation is 1. The van der Waals surface area contributed by atoms with Crippen molar-refractivity contribution in [2.24, 2.45) is 0 Å². The van der Waals surface area contributed by atoms with E-state index < -0.39 is 0 Å². The van der Waals surface area contributed by atoms with Crippen LogP contribution in [0.2, 0.25) is 0 Å². The minimum atomic E-state index is -0.0687. The van der Waals surface area contributed by atoms with Crippen molar-refractivity contribution in [3.05, 3.63) is 69.8 Å². The number of nitrogens with zero attached hydrogens (tertiary/aromatic N) is 2. The van der Waals surface area contributed by atoms with Crippen LogP contribution in [0.25, 0.3) is 5.65 Å². The van der Waals surface area contributed by atoms with Gasteiger partial charge >= 0.3 is 0 Å². The molecule has 0 saturated carbocycles. The number of fused-ring (bicyclic) bond motifs is 1. The first-order valence-corrected chi connectivity index (χ1v) is 10.6. The lowest BCUT2D eigenvalue weighted by molar-refractivity contribution is 0.268. The van der Waals surface area contributed by atoms with E-state index in [0.29, 0.717) is 25.4 Å². The molecule has 0 radical (unpaired) electrons. The van der Waals surface area contributed by atoms with E-state index in [0.717, 1.165) is 41.2 Å². The number of aromatic nitrogens is 2. The Bertz CT molecular complexity index is 1050. The van der Waals surface area contributed by atoms with Crippen LogP contribution in [0.4, 0.5) is 0 Å². The molecule has 3 rings (SSSR count). The van der Waals surface area contributed by atoms with E-state index in [4.69, 9.17) is 9.47 Å². The van der Waals surface area contributed by atoms with Gasteiger partial charge in [-0.05, 0) is 56.0 Å². The van der Waals surface area contributed by atoms with Gasteiger partial charge in [0.25, 0.3) is 5.56 Å². The minimum absolute atomic E-state index is 0.0625. The van der Waals surface area contributed by atoms with Gasteiger partial charge < -0.3 is 14.8 Å². The van der Waals surface area contributed by atoms with Crippen molar-refractivity contribution in [3.8, 4) is 11.5 Å². The van der Waals surface area contributed by atoms with Crippen LogP contribution in [0, 0.1) is 6.92 Å². The van der Waals surface area contributed by atoms with Crippen LogP contribution >= 0.6 is 0 Å². The fourth-order valence-electron chi connectivity index (χ4n) is 3.17. The molecule has 6 heteroatoms. The molecule has 30 heavy (non-hydrogen) atoms. The summed E-state index contributed by atoms with van der Waals surface area (Å²) in [6.45, 7) is 10.0. The predicted molar refractivity (Wildman–Crippen MR) is 119 cm³/mol. The molecule has 0 spiro atoms. The molecule has 0 aliphatic carbocycles. The number of nitrogens with one attached hydrogen (secondary N) is 1. The highest BCUT2D eigenvalue weighted by Crippen LogP contribution is 2.31. The third-order valence-electron chi connectivity index (χ3n) is 4.84. The first-order valence-electron chi connectivity index (χ1n) is 10.6. The molecule has 160 valence electrons. The Balaban J connectivity index is 1.73. The van der Waals surface area contributed by atoms with Gasteiger partial charge in [-0.2, -0.15) is 0 Å². The van der Waals surface area contributed by atoms with Gasteiger partial charge in [0.1, 0.15) is 5.65 Å². The lowest BCUT2D eigenvalue weighted by atomic mass is 10.1. The summed E-state index contributed by atoms with van der Waals surface area (Å²) < 4.78 is 13.3. The summed E-state index contributed by atoms with van der Waals surface area (Å²) in [6.07, 6.45) is 3.70. The Morgan fingerprint density at radius 3 is 2.50 bits per heavy atom. The highest BCUT2D eigenvalue weighted by molar-refractivity contribution is 5.44. The van der Waals surface area contributed by atoms with Crippen LogP contribution in [0.5, 0.6) is 11.5 Å². The lowest BCUT2D eigenvalue weighted by Crippen LogP contribution is -2.22. The monoisotopic (exact) mass is 409 g/mol. The number of hydrogen-bond donors (Lipinski definition) is 1. The van der Waals surface area contributed by atoms with E-state index in [2.05, 4.69) is 31.1 Å². The summed E-state index contributed by atoms with van der Waals surface area (Å²) in [5.74, 6) is 1.55. The zero-order valence-corrected chi connectivity index (χ0v) is 18.3. The van der Waals surface area contributed by atoms with Crippen molar-refractivity contribution >= 4 is 5.65 Å². The number of ether oxygens (including phenoxy) is 2. The van der Waals surface area contributed by atoms with Gasteiger partial charge in [-0.1, -0.05) is 26.0 Å². The van der Waals surface area contributed by atoms with Crippen LogP contribution in [0.15, 0.2) is 47.4 Å². The minimum Gasteiger partial charge on any atom is -0.490 e. The number of rotatable bonds is 10. The summed E-state index contributed by atoms with van der Waals surface area (Å²) in [4.78, 5) is 17.0. The maximum Gasteiger partial charge on any atom is 0.258 e. The van der Waals surface area contributed by atoms with Crippen LogP contribution in [0.1, 0.15) is 56.5 Å². The summed E-state index contributed by atoms with van der Waals surface area (Å²) >= 11 is 0. The third kappa shape index (κ3) is 5.39. The molecule has 0 aliphatic heterocycles. The molecule has 0 unspecified atom stereocenters. The fraction of sp³-hybridized carbons (Fsp3) is 0.417. The van der Waals surface area contributed by atoms with E-state index >= 15 is 0 Å². The largest absolute Gasteiger partial charge is 0.490 e. The number of hydrogen-bond acceptors (Lipinski definition) is 5. The third-order valence-corrected chi connectivity index (χ3v) is 4.84. The Labute approximate surface area is 177 Å². The summed E-state index contributed by atoms with van der Waals surface area (Å²) in [7, 11) is 0. The molecule has 2 heterocycles. The maximum absolute atomic E-state index is 12.4. The summed E-state index contributed by atoms with van der Waals surface area (Å²) in [6, 6.07) is 11.5. The molecule has 0 fully saturated rings. The van der Waals surface area contributed by atoms with Gasteiger partial charge in [0.15, 0.2) is 11.5 Å². The zero-order chi connectivity index (χ0) is 21.5. The molecule has 0 aliphatic rings. The second-order valence-electron chi connectivity index (χ2n) is 7.53. The normalized spacial score (nSPS) is 12.1. The molecule has 6 nitrogen and oxygen atoms in total. The van der Waals surface area contributed by atoms with E-state index in [-0.39, 0.29) is 11.6 Å². The van der Waals surface area contributed by atoms with Gasteiger partial charge in [-0.15, -0.1) is 0 Å². The Morgan fingerprint density at radius 2 is 1.77 bits per heavy atom. The molecule has 2 aromatic heterocycles. The predicted octanol–water partition coefficient (Wildman–Crippen LogP) is 4.43. The van der Waals surface area contributed by atoms with Gasteiger partial charge in [0.05, 0.1) is 18.9 Å². The Morgan fingerprint density at radius 1 is 1.03 bits per heavy atom. The van der Waals surface area contributed by atoms with Crippen molar-refractivity contribution in [2.75, 3.05) is 13.2 Å². The molecular formula is C24H31N3O3. The summed E-state index contributed by atoms with van der Waals surface area (Å²) in [5.41, 5.74) is 3.43. The maximum atomic E-state index is 12.4. The second kappa shape index (κ2) is 10.3. The molecular weight excluding hydrogens is 378 g/mol. The van der Waals surface area contributed by atoms with Gasteiger partial charge in [-0.25, -0.2) is 4.98 Å². The average Bonchev–Trinajstić information content (AvgIpc) is 2.75. The molecule has 1 aromatic carbocycles.